The van der Waals surface area contributed by atoms with E-state index >= 15 is 0 Å². The van der Waals surface area contributed by atoms with Crippen molar-refractivity contribution >= 4 is 23.6 Å². The topological polar surface area (TPSA) is 105 Å². The molecule has 0 bridgehead atoms. The molecule has 2 aromatic rings. The monoisotopic (exact) mass is 477 g/mol. The predicted molar refractivity (Wildman–Crippen MR) is 125 cm³/mol. The van der Waals surface area contributed by atoms with Crippen LogP contribution in [0, 0.1) is 0 Å². The van der Waals surface area contributed by atoms with Gasteiger partial charge >= 0.3 is 0 Å². The maximum Gasteiger partial charge on any atom is 0.257 e. The number of fused-ring (bicyclic) bond motifs is 1. The summed E-state index contributed by atoms with van der Waals surface area (Å²) in [4.78, 5) is 53.1. The second kappa shape index (κ2) is 9.40. The van der Waals surface area contributed by atoms with Crippen LogP contribution in [0.2, 0.25) is 0 Å². The van der Waals surface area contributed by atoms with E-state index in [1.165, 1.54) is 4.90 Å². The van der Waals surface area contributed by atoms with E-state index in [0.29, 0.717) is 48.7 Å². The molecule has 35 heavy (non-hydrogen) atoms. The Morgan fingerprint density at radius 2 is 1.94 bits per heavy atom. The summed E-state index contributed by atoms with van der Waals surface area (Å²) in [5.74, 6) is 0.126. The van der Waals surface area contributed by atoms with Crippen molar-refractivity contribution in [3.8, 4) is 11.5 Å². The van der Waals surface area contributed by atoms with E-state index in [2.05, 4.69) is 5.32 Å². The average Bonchev–Trinajstić information content (AvgIpc) is 3.46. The van der Waals surface area contributed by atoms with Crippen LogP contribution >= 0.6 is 0 Å². The van der Waals surface area contributed by atoms with Crippen molar-refractivity contribution in [3.63, 3.8) is 0 Å². The number of para-hydroxylation sites is 1. The van der Waals surface area contributed by atoms with Crippen LogP contribution in [0.3, 0.4) is 0 Å². The number of carbonyl (C=O) groups is 4. The van der Waals surface area contributed by atoms with Gasteiger partial charge in [-0.2, -0.15) is 0 Å². The fourth-order valence-electron chi connectivity index (χ4n) is 5.09. The lowest BCUT2D eigenvalue weighted by Gasteiger charge is -2.29. The van der Waals surface area contributed by atoms with Gasteiger partial charge < -0.3 is 19.3 Å². The quantitative estimate of drug-likeness (QED) is 0.640. The summed E-state index contributed by atoms with van der Waals surface area (Å²) in [6.07, 6.45) is 2.28. The van der Waals surface area contributed by atoms with Gasteiger partial charge in [0, 0.05) is 25.1 Å². The van der Waals surface area contributed by atoms with Crippen LogP contribution in [-0.4, -0.2) is 65.8 Å². The molecule has 3 aliphatic rings. The van der Waals surface area contributed by atoms with Gasteiger partial charge in [-0.15, -0.1) is 0 Å². The minimum Gasteiger partial charge on any atom is -0.496 e. The highest BCUT2D eigenvalue weighted by Gasteiger charge is 2.39. The second-order valence-electron chi connectivity index (χ2n) is 9.02. The van der Waals surface area contributed by atoms with Crippen LogP contribution in [0.5, 0.6) is 11.5 Å². The molecule has 2 unspecified atom stereocenters. The molecule has 0 saturated carbocycles. The smallest absolute Gasteiger partial charge is 0.257 e. The van der Waals surface area contributed by atoms with Crippen molar-refractivity contribution in [2.45, 2.75) is 44.3 Å². The van der Waals surface area contributed by atoms with Crippen LogP contribution in [0.25, 0.3) is 0 Å². The van der Waals surface area contributed by atoms with Gasteiger partial charge in [0.05, 0.1) is 18.7 Å². The van der Waals surface area contributed by atoms with Crippen LogP contribution in [0.15, 0.2) is 42.5 Å². The zero-order valence-corrected chi connectivity index (χ0v) is 19.5. The molecular formula is C26H27N3O6. The van der Waals surface area contributed by atoms with Gasteiger partial charge in [-0.25, -0.2) is 0 Å². The second-order valence-corrected chi connectivity index (χ2v) is 9.02. The number of ether oxygens (including phenoxy) is 2. The normalized spacial score (nSPS) is 21.7. The fraction of sp³-hybridized carbons (Fsp3) is 0.385. The van der Waals surface area contributed by atoms with Crippen LogP contribution in [0.1, 0.15) is 52.0 Å². The first-order valence-electron chi connectivity index (χ1n) is 11.8. The van der Waals surface area contributed by atoms with Crippen LogP contribution in [-0.2, 0) is 16.1 Å². The maximum atomic E-state index is 13.2. The van der Waals surface area contributed by atoms with E-state index < -0.39 is 11.9 Å². The summed E-state index contributed by atoms with van der Waals surface area (Å²) in [7, 11) is 1.55. The highest BCUT2D eigenvalue weighted by atomic mass is 16.5. The number of benzene rings is 2. The molecular weight excluding hydrogens is 450 g/mol. The number of methoxy groups -OCH3 is 1. The Kier molecular flexibility index (Phi) is 6.15. The molecule has 1 N–H and O–H groups in total. The van der Waals surface area contributed by atoms with Gasteiger partial charge in [0.25, 0.3) is 11.8 Å². The summed E-state index contributed by atoms with van der Waals surface area (Å²) in [5, 5.41) is 2.31. The lowest BCUT2D eigenvalue weighted by Crippen LogP contribution is -2.52. The van der Waals surface area contributed by atoms with Gasteiger partial charge in [0.15, 0.2) is 0 Å². The molecule has 0 radical (unpaired) electrons. The number of hydrogen-bond acceptors (Lipinski definition) is 6. The first kappa shape index (κ1) is 22.9. The van der Waals surface area contributed by atoms with Gasteiger partial charge in [-0.1, -0.05) is 12.1 Å². The lowest BCUT2D eigenvalue weighted by molar-refractivity contribution is -0.136. The molecule has 2 aromatic carbocycles. The van der Waals surface area contributed by atoms with Gasteiger partial charge in [-0.05, 0) is 55.2 Å². The minimum absolute atomic E-state index is 0.0673. The first-order chi connectivity index (χ1) is 17.0. The minimum atomic E-state index is -0.648. The largest absolute Gasteiger partial charge is 0.496 e. The SMILES string of the molecule is COc1ccccc1C(=O)N1CCCC1COc1ccc2c(c1)CN(C1CCC(=O)NC1=O)C2=O. The summed E-state index contributed by atoms with van der Waals surface area (Å²) < 4.78 is 11.4. The Morgan fingerprint density at radius 1 is 1.11 bits per heavy atom. The number of imide groups is 1. The van der Waals surface area contributed by atoms with Crippen molar-refractivity contribution in [1.82, 2.24) is 15.1 Å². The molecule has 9 heteroatoms. The molecule has 182 valence electrons. The molecule has 0 aromatic heterocycles. The Hall–Kier alpha value is -3.88. The highest BCUT2D eigenvalue weighted by Crippen LogP contribution is 2.31. The van der Waals surface area contributed by atoms with E-state index in [4.69, 9.17) is 9.47 Å². The van der Waals surface area contributed by atoms with Crippen molar-refractivity contribution in [2.24, 2.45) is 0 Å². The first-order valence-corrected chi connectivity index (χ1v) is 11.8. The number of hydrogen-bond donors (Lipinski definition) is 1. The fourth-order valence-corrected chi connectivity index (χ4v) is 5.09. The molecule has 5 rings (SSSR count). The predicted octanol–water partition coefficient (Wildman–Crippen LogP) is 2.14. The third-order valence-electron chi connectivity index (χ3n) is 6.91. The summed E-state index contributed by atoms with van der Waals surface area (Å²) in [6, 6.07) is 11.8. The number of nitrogens with zero attached hydrogens (tertiary/aromatic N) is 2. The van der Waals surface area contributed by atoms with E-state index in [0.717, 1.165) is 18.4 Å². The molecule has 0 spiro atoms. The Bertz CT molecular complexity index is 1200. The standard InChI is InChI=1S/C26H27N3O6/c1-34-22-7-3-2-6-20(22)26(33)28-12-4-5-17(28)15-35-18-8-9-19-16(13-18)14-29(25(19)32)21-10-11-23(30)27-24(21)31/h2-3,6-9,13,17,21H,4-5,10-12,14-15H2,1H3,(H,27,30,31). The maximum absolute atomic E-state index is 13.2. The van der Waals surface area contributed by atoms with E-state index in [1.54, 1.807) is 31.4 Å². The third-order valence-corrected chi connectivity index (χ3v) is 6.91. The summed E-state index contributed by atoms with van der Waals surface area (Å²) in [5.41, 5.74) is 1.85. The number of carbonyl (C=O) groups excluding carboxylic acids is 4. The molecule has 9 nitrogen and oxygen atoms in total. The molecule has 4 amide bonds. The Labute approximate surface area is 203 Å². The van der Waals surface area contributed by atoms with E-state index in [-0.39, 0.29) is 30.2 Å². The van der Waals surface area contributed by atoms with Gasteiger partial charge in [-0.3, -0.25) is 24.5 Å². The highest BCUT2D eigenvalue weighted by molar-refractivity contribution is 6.05. The summed E-state index contributed by atoms with van der Waals surface area (Å²) in [6.45, 7) is 1.29. The number of likely N-dealkylation sites (tertiary alicyclic amines) is 1. The number of amides is 4. The molecule has 3 heterocycles. The van der Waals surface area contributed by atoms with Crippen molar-refractivity contribution in [3.05, 3.63) is 59.2 Å². The van der Waals surface area contributed by atoms with Crippen molar-refractivity contribution in [2.75, 3.05) is 20.3 Å². The third kappa shape index (κ3) is 4.34. The van der Waals surface area contributed by atoms with E-state index in [9.17, 15) is 19.2 Å². The molecule has 3 aliphatic heterocycles. The van der Waals surface area contributed by atoms with E-state index in [1.807, 2.05) is 23.1 Å². The zero-order valence-electron chi connectivity index (χ0n) is 19.5. The number of piperidine rings is 1. The average molecular weight is 478 g/mol. The number of rotatable bonds is 6. The van der Waals surface area contributed by atoms with Crippen LogP contribution in [0.4, 0.5) is 0 Å². The molecule has 2 saturated heterocycles. The molecule has 2 fully saturated rings. The molecule has 2 atom stereocenters. The van der Waals surface area contributed by atoms with Crippen molar-refractivity contribution in [1.29, 1.82) is 0 Å². The van der Waals surface area contributed by atoms with Gasteiger partial charge in [0.2, 0.25) is 11.8 Å². The van der Waals surface area contributed by atoms with Gasteiger partial charge in [0.1, 0.15) is 24.1 Å². The summed E-state index contributed by atoms with van der Waals surface area (Å²) >= 11 is 0. The lowest BCUT2D eigenvalue weighted by atomic mass is 10.0. The Morgan fingerprint density at radius 3 is 2.74 bits per heavy atom. The Balaban J connectivity index is 1.25. The van der Waals surface area contributed by atoms with Crippen LogP contribution < -0.4 is 14.8 Å². The molecule has 0 aliphatic carbocycles. The van der Waals surface area contributed by atoms with Crippen molar-refractivity contribution < 1.29 is 28.7 Å². The number of nitrogens with one attached hydrogen (secondary N) is 1. The zero-order chi connectivity index (χ0) is 24.5.